The van der Waals surface area contributed by atoms with Crippen molar-refractivity contribution in [2.24, 2.45) is 0 Å². The number of carbonyl (C=O) groups excluding carboxylic acids is 3. The standard InChI is InChI=1S/C24H26N2O4/c1-2-3-16-30-24(29)19-9-11-20(12-10-19)25-22(27)15-6-17-4-7-18(8-5-17)23(28)26-21-13-14-21/h4-12,15,21H,2-3,13-14,16H2,1H3,(H,25,27)(H,26,28)/b15-6+. The monoisotopic (exact) mass is 406 g/mol. The van der Waals surface area contributed by atoms with Crippen molar-refractivity contribution in [2.45, 2.75) is 38.6 Å². The number of rotatable bonds is 9. The van der Waals surface area contributed by atoms with E-state index in [4.69, 9.17) is 4.74 Å². The van der Waals surface area contributed by atoms with Gasteiger partial charge in [0.2, 0.25) is 5.91 Å². The topological polar surface area (TPSA) is 84.5 Å². The molecule has 3 rings (SSSR count). The van der Waals surface area contributed by atoms with Crippen LogP contribution in [0.25, 0.3) is 6.08 Å². The van der Waals surface area contributed by atoms with Gasteiger partial charge in [-0.15, -0.1) is 0 Å². The smallest absolute Gasteiger partial charge is 0.338 e. The number of benzene rings is 2. The quantitative estimate of drug-likeness (QED) is 0.372. The zero-order valence-electron chi connectivity index (χ0n) is 17.0. The van der Waals surface area contributed by atoms with Gasteiger partial charge in [0.15, 0.2) is 0 Å². The second kappa shape index (κ2) is 10.4. The van der Waals surface area contributed by atoms with Crippen molar-refractivity contribution < 1.29 is 19.1 Å². The summed E-state index contributed by atoms with van der Waals surface area (Å²) in [6.07, 6.45) is 7.00. The maximum Gasteiger partial charge on any atom is 0.338 e. The van der Waals surface area contributed by atoms with Crippen molar-refractivity contribution in [3.05, 3.63) is 71.3 Å². The van der Waals surface area contributed by atoms with E-state index in [1.165, 1.54) is 6.08 Å². The van der Waals surface area contributed by atoms with Crippen molar-refractivity contribution in [1.82, 2.24) is 5.32 Å². The van der Waals surface area contributed by atoms with Gasteiger partial charge in [-0.25, -0.2) is 4.79 Å². The highest BCUT2D eigenvalue weighted by molar-refractivity contribution is 6.02. The van der Waals surface area contributed by atoms with Gasteiger partial charge in [-0.1, -0.05) is 25.5 Å². The molecule has 2 N–H and O–H groups in total. The van der Waals surface area contributed by atoms with Crippen LogP contribution in [-0.2, 0) is 9.53 Å². The molecule has 2 aromatic rings. The van der Waals surface area contributed by atoms with Crippen LogP contribution in [0.2, 0.25) is 0 Å². The van der Waals surface area contributed by atoms with E-state index in [2.05, 4.69) is 10.6 Å². The number of unbranched alkanes of at least 4 members (excludes halogenated alkanes) is 1. The summed E-state index contributed by atoms with van der Waals surface area (Å²) >= 11 is 0. The van der Waals surface area contributed by atoms with Crippen LogP contribution in [0.4, 0.5) is 5.69 Å². The highest BCUT2D eigenvalue weighted by atomic mass is 16.5. The average Bonchev–Trinajstić information content (AvgIpc) is 3.57. The fourth-order valence-corrected chi connectivity index (χ4v) is 2.68. The van der Waals surface area contributed by atoms with E-state index in [9.17, 15) is 14.4 Å². The Morgan fingerprint density at radius 2 is 1.67 bits per heavy atom. The van der Waals surface area contributed by atoms with Gasteiger partial charge in [0, 0.05) is 23.4 Å². The molecule has 0 heterocycles. The lowest BCUT2D eigenvalue weighted by molar-refractivity contribution is -0.111. The number of hydrogen-bond acceptors (Lipinski definition) is 4. The largest absolute Gasteiger partial charge is 0.462 e. The Labute approximate surface area is 176 Å². The highest BCUT2D eigenvalue weighted by Crippen LogP contribution is 2.19. The number of nitrogens with one attached hydrogen (secondary N) is 2. The third-order valence-corrected chi connectivity index (χ3v) is 4.63. The second-order valence-corrected chi connectivity index (χ2v) is 7.26. The maximum atomic E-state index is 12.1. The predicted octanol–water partition coefficient (Wildman–Crippen LogP) is 4.19. The highest BCUT2D eigenvalue weighted by Gasteiger charge is 2.23. The zero-order valence-corrected chi connectivity index (χ0v) is 17.0. The lowest BCUT2D eigenvalue weighted by Gasteiger charge is -2.06. The van der Waals surface area contributed by atoms with E-state index in [0.29, 0.717) is 29.5 Å². The molecule has 30 heavy (non-hydrogen) atoms. The maximum absolute atomic E-state index is 12.1. The van der Waals surface area contributed by atoms with Crippen LogP contribution >= 0.6 is 0 Å². The van der Waals surface area contributed by atoms with Crippen molar-refractivity contribution >= 4 is 29.5 Å². The Morgan fingerprint density at radius 3 is 2.30 bits per heavy atom. The number of amides is 2. The molecule has 0 atom stereocenters. The Morgan fingerprint density at radius 1 is 1.00 bits per heavy atom. The molecular formula is C24H26N2O4. The molecule has 1 fully saturated rings. The van der Waals surface area contributed by atoms with Crippen LogP contribution in [0.5, 0.6) is 0 Å². The molecular weight excluding hydrogens is 380 g/mol. The zero-order chi connectivity index (χ0) is 21.3. The van der Waals surface area contributed by atoms with E-state index in [-0.39, 0.29) is 17.8 Å². The van der Waals surface area contributed by atoms with Gasteiger partial charge in [-0.2, -0.15) is 0 Å². The third-order valence-electron chi connectivity index (χ3n) is 4.63. The molecule has 0 aliphatic heterocycles. The molecule has 0 unspecified atom stereocenters. The van der Waals surface area contributed by atoms with E-state index in [1.807, 2.05) is 6.92 Å². The lowest BCUT2D eigenvalue weighted by Crippen LogP contribution is -2.25. The summed E-state index contributed by atoms with van der Waals surface area (Å²) in [4.78, 5) is 36.0. The summed E-state index contributed by atoms with van der Waals surface area (Å²) < 4.78 is 5.16. The van der Waals surface area contributed by atoms with Gasteiger partial charge >= 0.3 is 5.97 Å². The van der Waals surface area contributed by atoms with Crippen LogP contribution in [-0.4, -0.2) is 30.4 Å². The minimum atomic E-state index is -0.365. The molecule has 6 nitrogen and oxygen atoms in total. The van der Waals surface area contributed by atoms with Crippen LogP contribution < -0.4 is 10.6 Å². The van der Waals surface area contributed by atoms with E-state index < -0.39 is 0 Å². The van der Waals surface area contributed by atoms with E-state index >= 15 is 0 Å². The van der Waals surface area contributed by atoms with Crippen LogP contribution in [0.15, 0.2) is 54.6 Å². The van der Waals surface area contributed by atoms with E-state index in [0.717, 1.165) is 31.2 Å². The summed E-state index contributed by atoms with van der Waals surface area (Å²) in [5, 5.41) is 5.69. The van der Waals surface area contributed by atoms with Gasteiger partial charge in [-0.05, 0) is 67.3 Å². The Balaban J connectivity index is 1.49. The first-order chi connectivity index (χ1) is 14.5. The Kier molecular flexibility index (Phi) is 7.38. The van der Waals surface area contributed by atoms with Crippen molar-refractivity contribution in [1.29, 1.82) is 0 Å². The van der Waals surface area contributed by atoms with Gasteiger partial charge < -0.3 is 15.4 Å². The first-order valence-corrected chi connectivity index (χ1v) is 10.2. The normalized spacial score (nSPS) is 13.1. The number of esters is 1. The van der Waals surface area contributed by atoms with Gasteiger partial charge in [0.25, 0.3) is 5.91 Å². The Bertz CT molecular complexity index is 913. The molecule has 1 aliphatic carbocycles. The molecule has 1 saturated carbocycles. The molecule has 0 spiro atoms. The number of anilines is 1. The molecule has 0 radical (unpaired) electrons. The summed E-state index contributed by atoms with van der Waals surface area (Å²) in [6.45, 7) is 2.44. The average molecular weight is 406 g/mol. The van der Waals surface area contributed by atoms with Crippen LogP contribution in [0, 0.1) is 0 Å². The van der Waals surface area contributed by atoms with Crippen LogP contribution in [0.3, 0.4) is 0 Å². The molecule has 1 aliphatic rings. The van der Waals surface area contributed by atoms with Crippen molar-refractivity contribution in [3.63, 3.8) is 0 Å². The van der Waals surface area contributed by atoms with Crippen molar-refractivity contribution in [2.75, 3.05) is 11.9 Å². The summed E-state index contributed by atoms with van der Waals surface area (Å²) in [5.74, 6) is -0.720. The SMILES string of the molecule is CCCCOC(=O)c1ccc(NC(=O)/C=C/c2ccc(C(=O)NC3CC3)cc2)cc1. The summed E-state index contributed by atoms with van der Waals surface area (Å²) in [7, 11) is 0. The van der Waals surface area contributed by atoms with E-state index in [1.54, 1.807) is 54.6 Å². The third kappa shape index (κ3) is 6.58. The molecule has 6 heteroatoms. The number of ether oxygens (including phenoxy) is 1. The molecule has 0 bridgehead atoms. The van der Waals surface area contributed by atoms with Gasteiger partial charge in [-0.3, -0.25) is 9.59 Å². The molecule has 2 amide bonds. The first kappa shape index (κ1) is 21.3. The molecule has 156 valence electrons. The van der Waals surface area contributed by atoms with Gasteiger partial charge in [0.1, 0.15) is 0 Å². The van der Waals surface area contributed by atoms with Crippen molar-refractivity contribution in [3.8, 4) is 0 Å². The Hall–Kier alpha value is -3.41. The molecule has 0 saturated heterocycles. The molecule has 0 aromatic heterocycles. The predicted molar refractivity (Wildman–Crippen MR) is 116 cm³/mol. The number of carbonyl (C=O) groups is 3. The van der Waals surface area contributed by atoms with Gasteiger partial charge in [0.05, 0.1) is 12.2 Å². The summed E-state index contributed by atoms with van der Waals surface area (Å²) in [5.41, 5.74) is 2.46. The number of hydrogen-bond donors (Lipinski definition) is 2. The molecule has 2 aromatic carbocycles. The minimum absolute atomic E-state index is 0.0662. The summed E-state index contributed by atoms with van der Waals surface area (Å²) in [6, 6.07) is 14.0. The second-order valence-electron chi connectivity index (χ2n) is 7.26. The first-order valence-electron chi connectivity index (χ1n) is 10.2. The fourth-order valence-electron chi connectivity index (χ4n) is 2.68. The minimum Gasteiger partial charge on any atom is -0.462 e. The lowest BCUT2D eigenvalue weighted by atomic mass is 10.1. The fraction of sp³-hybridized carbons (Fsp3) is 0.292. The van der Waals surface area contributed by atoms with Crippen LogP contribution in [0.1, 0.15) is 58.9 Å².